The van der Waals surface area contributed by atoms with E-state index in [4.69, 9.17) is 17.0 Å². The number of fused-ring (bicyclic) bond motifs is 3. The lowest BCUT2D eigenvalue weighted by Gasteiger charge is -2.17. The van der Waals surface area contributed by atoms with Crippen LogP contribution >= 0.6 is 12.2 Å². The smallest absolute Gasteiger partial charge is 0.387 e. The standard InChI is InChI=1S/C21H21F2N5O3S/c1-25(11-13-8-9-16(31-19(22)23)17(10-13)30-3)12-27-21(32)28-15-7-5-4-6-14(15)18(29)26(2)20(28)24-27/h4-10,19H,11-12H2,1-3H3. The molecule has 0 radical (unpaired) electrons. The first-order valence-electron chi connectivity index (χ1n) is 9.67. The van der Waals surface area contributed by atoms with Crippen LogP contribution < -0.4 is 15.0 Å². The molecule has 0 spiro atoms. The number of hydrogen-bond acceptors (Lipinski definition) is 6. The van der Waals surface area contributed by atoms with Crippen molar-refractivity contribution >= 4 is 28.9 Å². The summed E-state index contributed by atoms with van der Waals surface area (Å²) in [7, 11) is 4.93. The lowest BCUT2D eigenvalue weighted by molar-refractivity contribution is -0.0512. The van der Waals surface area contributed by atoms with Gasteiger partial charge in [0.2, 0.25) is 10.5 Å². The van der Waals surface area contributed by atoms with Crippen LogP contribution in [0.3, 0.4) is 0 Å². The summed E-state index contributed by atoms with van der Waals surface area (Å²) in [6.07, 6.45) is 0. The van der Waals surface area contributed by atoms with Gasteiger partial charge in [0, 0.05) is 13.6 Å². The summed E-state index contributed by atoms with van der Waals surface area (Å²) in [5.41, 5.74) is 1.38. The number of methoxy groups -OCH3 is 1. The molecule has 0 aliphatic heterocycles. The number of halogens is 2. The Labute approximate surface area is 186 Å². The molecule has 2 aromatic heterocycles. The zero-order chi connectivity index (χ0) is 23.0. The minimum atomic E-state index is -2.93. The van der Waals surface area contributed by atoms with Gasteiger partial charge in [-0.15, -0.1) is 5.10 Å². The Bertz CT molecular complexity index is 1410. The molecule has 0 fully saturated rings. The van der Waals surface area contributed by atoms with Gasteiger partial charge in [0.05, 0.1) is 24.7 Å². The second-order valence-electron chi connectivity index (χ2n) is 7.32. The zero-order valence-corrected chi connectivity index (χ0v) is 18.5. The second kappa shape index (κ2) is 8.67. The van der Waals surface area contributed by atoms with Gasteiger partial charge >= 0.3 is 6.61 Å². The van der Waals surface area contributed by atoms with E-state index < -0.39 is 6.61 Å². The van der Waals surface area contributed by atoms with Crippen LogP contribution in [0.1, 0.15) is 5.56 Å². The van der Waals surface area contributed by atoms with Crippen LogP contribution in [0.5, 0.6) is 11.5 Å². The Morgan fingerprint density at radius 1 is 1.19 bits per heavy atom. The topological polar surface area (TPSA) is 65.9 Å². The SMILES string of the molecule is COc1cc(CN(C)Cn2nc3n(C)c(=O)c4ccccc4n3c2=S)ccc1OC(F)F. The number of rotatable bonds is 7. The quantitative estimate of drug-likeness (QED) is 0.393. The largest absolute Gasteiger partial charge is 0.493 e. The first kappa shape index (κ1) is 21.9. The summed E-state index contributed by atoms with van der Waals surface area (Å²) in [6.45, 7) is -2.11. The van der Waals surface area contributed by atoms with Gasteiger partial charge in [0.25, 0.3) is 5.56 Å². The van der Waals surface area contributed by atoms with Crippen molar-refractivity contribution in [2.75, 3.05) is 14.2 Å². The van der Waals surface area contributed by atoms with Crippen LogP contribution in [0.4, 0.5) is 8.78 Å². The monoisotopic (exact) mass is 461 g/mol. The fourth-order valence-corrected chi connectivity index (χ4v) is 3.91. The summed E-state index contributed by atoms with van der Waals surface area (Å²) in [4.78, 5) is 14.6. The molecule has 2 aromatic carbocycles. The summed E-state index contributed by atoms with van der Waals surface area (Å²) in [5.74, 6) is 0.647. The van der Waals surface area contributed by atoms with Crippen molar-refractivity contribution < 1.29 is 18.3 Å². The van der Waals surface area contributed by atoms with Crippen LogP contribution in [-0.2, 0) is 20.3 Å². The Morgan fingerprint density at radius 3 is 2.66 bits per heavy atom. The Kier molecular flexibility index (Phi) is 5.94. The number of nitrogens with zero attached hydrogens (tertiary/aromatic N) is 5. The normalized spacial score (nSPS) is 11.7. The number of aryl methyl sites for hydroxylation is 1. The van der Waals surface area contributed by atoms with Gasteiger partial charge in [-0.05, 0) is 49.1 Å². The molecule has 0 saturated heterocycles. The molecule has 0 N–H and O–H groups in total. The molecule has 4 rings (SSSR count). The average molecular weight is 461 g/mol. The minimum Gasteiger partial charge on any atom is -0.493 e. The molecule has 11 heteroatoms. The number of aromatic nitrogens is 4. The number of para-hydroxylation sites is 1. The minimum absolute atomic E-state index is 0.0238. The fraction of sp³-hybridized carbons (Fsp3) is 0.286. The Morgan fingerprint density at radius 2 is 1.94 bits per heavy atom. The molecule has 0 aliphatic rings. The molecule has 0 saturated carbocycles. The predicted octanol–water partition coefficient (Wildman–Crippen LogP) is 3.42. The van der Waals surface area contributed by atoms with Crippen molar-refractivity contribution in [2.24, 2.45) is 7.05 Å². The number of benzene rings is 2. The molecule has 0 aliphatic carbocycles. The van der Waals surface area contributed by atoms with Gasteiger partial charge in [-0.3, -0.25) is 18.7 Å². The molecule has 0 amide bonds. The predicted molar refractivity (Wildman–Crippen MR) is 118 cm³/mol. The first-order valence-corrected chi connectivity index (χ1v) is 10.1. The van der Waals surface area contributed by atoms with Crippen molar-refractivity contribution in [3.63, 3.8) is 0 Å². The van der Waals surface area contributed by atoms with E-state index in [2.05, 4.69) is 9.84 Å². The third kappa shape index (κ3) is 3.96. The first-order chi connectivity index (χ1) is 15.3. The van der Waals surface area contributed by atoms with E-state index in [0.717, 1.165) is 5.56 Å². The van der Waals surface area contributed by atoms with Crippen molar-refractivity contribution in [3.05, 3.63) is 63.2 Å². The maximum absolute atomic E-state index is 12.7. The van der Waals surface area contributed by atoms with Crippen molar-refractivity contribution in [2.45, 2.75) is 19.8 Å². The molecular weight excluding hydrogens is 440 g/mol. The summed E-state index contributed by atoms with van der Waals surface area (Å²) in [5, 5.41) is 5.11. The van der Waals surface area contributed by atoms with Gasteiger partial charge in [-0.2, -0.15) is 8.78 Å². The maximum atomic E-state index is 12.7. The van der Waals surface area contributed by atoms with E-state index in [0.29, 0.717) is 34.7 Å². The Balaban J connectivity index is 1.64. The van der Waals surface area contributed by atoms with Gasteiger partial charge in [-0.25, -0.2) is 4.68 Å². The highest BCUT2D eigenvalue weighted by molar-refractivity contribution is 7.71. The highest BCUT2D eigenvalue weighted by Crippen LogP contribution is 2.29. The molecule has 32 heavy (non-hydrogen) atoms. The summed E-state index contributed by atoms with van der Waals surface area (Å²) in [6, 6.07) is 12.0. The third-order valence-electron chi connectivity index (χ3n) is 5.07. The molecule has 0 unspecified atom stereocenters. The lowest BCUT2D eigenvalue weighted by atomic mass is 10.2. The third-order valence-corrected chi connectivity index (χ3v) is 5.47. The highest BCUT2D eigenvalue weighted by Gasteiger charge is 2.15. The van der Waals surface area contributed by atoms with E-state index in [1.165, 1.54) is 17.7 Å². The van der Waals surface area contributed by atoms with Crippen molar-refractivity contribution in [1.29, 1.82) is 0 Å². The van der Waals surface area contributed by atoms with Crippen LogP contribution in [0.2, 0.25) is 0 Å². The van der Waals surface area contributed by atoms with Gasteiger partial charge < -0.3 is 9.47 Å². The summed E-state index contributed by atoms with van der Waals surface area (Å²) < 4.78 is 40.1. The molecule has 168 valence electrons. The van der Waals surface area contributed by atoms with E-state index in [1.54, 1.807) is 34.3 Å². The van der Waals surface area contributed by atoms with Gasteiger partial charge in [0.1, 0.15) is 0 Å². The molecule has 4 aromatic rings. The Hall–Kier alpha value is -3.31. The molecular formula is C21H21F2N5O3S. The van der Waals surface area contributed by atoms with E-state index in [9.17, 15) is 13.6 Å². The van der Waals surface area contributed by atoms with Crippen molar-refractivity contribution in [3.8, 4) is 11.5 Å². The van der Waals surface area contributed by atoms with E-state index >= 15 is 0 Å². The number of alkyl halides is 2. The summed E-state index contributed by atoms with van der Waals surface area (Å²) >= 11 is 5.65. The zero-order valence-electron chi connectivity index (χ0n) is 17.7. The average Bonchev–Trinajstić information content (AvgIpc) is 3.09. The molecule has 8 nitrogen and oxygen atoms in total. The van der Waals surface area contributed by atoms with Crippen LogP contribution in [0.25, 0.3) is 16.7 Å². The molecule has 2 heterocycles. The van der Waals surface area contributed by atoms with Crippen LogP contribution in [0, 0.1) is 4.77 Å². The lowest BCUT2D eigenvalue weighted by Crippen LogP contribution is -2.22. The van der Waals surface area contributed by atoms with Crippen molar-refractivity contribution in [1.82, 2.24) is 23.6 Å². The second-order valence-corrected chi connectivity index (χ2v) is 7.68. The number of ether oxygens (including phenoxy) is 2. The highest BCUT2D eigenvalue weighted by atomic mass is 32.1. The van der Waals surface area contributed by atoms with Gasteiger partial charge in [0.15, 0.2) is 11.5 Å². The van der Waals surface area contributed by atoms with Gasteiger partial charge in [-0.1, -0.05) is 18.2 Å². The van der Waals surface area contributed by atoms with Crippen LogP contribution in [-0.4, -0.2) is 44.4 Å². The van der Waals surface area contributed by atoms with E-state index in [-0.39, 0.29) is 17.1 Å². The molecule has 0 bridgehead atoms. The van der Waals surface area contributed by atoms with Crippen LogP contribution in [0.15, 0.2) is 47.3 Å². The van der Waals surface area contributed by atoms with E-state index in [1.807, 2.05) is 30.1 Å². The maximum Gasteiger partial charge on any atom is 0.387 e. The molecule has 0 atom stereocenters. The number of hydrogen-bond donors (Lipinski definition) is 0. The fourth-order valence-electron chi connectivity index (χ4n) is 3.63.